The van der Waals surface area contributed by atoms with Gasteiger partial charge in [0.2, 0.25) is 0 Å². The number of rotatable bonds is 11. The summed E-state index contributed by atoms with van der Waals surface area (Å²) in [4.78, 5) is 15.7. The van der Waals surface area contributed by atoms with Gasteiger partial charge in [-0.15, -0.1) is 6.42 Å². The van der Waals surface area contributed by atoms with E-state index in [9.17, 15) is 9.36 Å². The number of phosphoric ester groups is 1. The fraction of sp³-hybridized carbons (Fsp3) is 0.423. The maximum Gasteiger partial charge on any atom is 0.475 e. The SMILES string of the molecule is C#Cc1ccccc1N(Cc1ccccc1)C(=O)C(OP(=O)(OCC)OCC)C1CCCC1. The Bertz CT molecular complexity index is 987. The zero-order chi connectivity index (χ0) is 23.7. The Kier molecular flexibility index (Phi) is 9.29. The molecule has 1 amide bonds. The average Bonchev–Trinajstić information content (AvgIpc) is 3.36. The molecule has 1 unspecified atom stereocenters. The van der Waals surface area contributed by atoms with Gasteiger partial charge in [-0.25, -0.2) is 4.57 Å². The van der Waals surface area contributed by atoms with Crippen molar-refractivity contribution in [1.29, 1.82) is 0 Å². The van der Waals surface area contributed by atoms with Crippen LogP contribution < -0.4 is 4.90 Å². The van der Waals surface area contributed by atoms with Crippen LogP contribution in [0, 0.1) is 18.3 Å². The Labute approximate surface area is 196 Å². The van der Waals surface area contributed by atoms with E-state index in [1.54, 1.807) is 24.8 Å². The van der Waals surface area contributed by atoms with Crippen LogP contribution in [0.2, 0.25) is 0 Å². The van der Waals surface area contributed by atoms with E-state index in [-0.39, 0.29) is 25.0 Å². The Morgan fingerprint density at radius 3 is 2.27 bits per heavy atom. The van der Waals surface area contributed by atoms with Crippen molar-refractivity contribution in [3.63, 3.8) is 0 Å². The molecule has 0 aliphatic heterocycles. The van der Waals surface area contributed by atoms with E-state index in [2.05, 4.69) is 5.92 Å². The molecule has 2 aromatic rings. The molecule has 0 saturated heterocycles. The minimum atomic E-state index is -3.90. The lowest BCUT2D eigenvalue weighted by Crippen LogP contribution is -2.43. The Morgan fingerprint density at radius 1 is 1.06 bits per heavy atom. The second-order valence-electron chi connectivity index (χ2n) is 7.92. The molecule has 7 heteroatoms. The van der Waals surface area contributed by atoms with E-state index >= 15 is 0 Å². The standard InChI is InChI=1S/C26H32NO5P/c1-4-22-16-12-13-19-24(22)27(20-21-14-8-7-9-15-21)26(28)25(23-17-10-11-18-23)32-33(29,30-5-2)31-6-3/h1,7-9,12-16,19,23,25H,5-6,10-11,17-18,20H2,2-3H3. The van der Waals surface area contributed by atoms with Gasteiger partial charge in [0.05, 0.1) is 25.4 Å². The van der Waals surface area contributed by atoms with E-state index in [1.807, 2.05) is 48.5 Å². The van der Waals surface area contributed by atoms with Gasteiger partial charge in [-0.1, -0.05) is 61.2 Å². The van der Waals surface area contributed by atoms with Gasteiger partial charge in [0.25, 0.3) is 5.91 Å². The predicted octanol–water partition coefficient (Wildman–Crippen LogP) is 5.96. The summed E-state index contributed by atoms with van der Waals surface area (Å²) in [6.45, 7) is 4.03. The van der Waals surface area contributed by atoms with E-state index < -0.39 is 13.9 Å². The van der Waals surface area contributed by atoms with E-state index in [1.165, 1.54) is 0 Å². The summed E-state index contributed by atoms with van der Waals surface area (Å²) in [5.41, 5.74) is 2.16. The van der Waals surface area contributed by atoms with Gasteiger partial charge in [0.1, 0.15) is 0 Å². The highest BCUT2D eigenvalue weighted by molar-refractivity contribution is 7.48. The Hall–Kier alpha value is -2.42. The molecule has 3 rings (SSSR count). The maximum absolute atomic E-state index is 14.1. The highest BCUT2D eigenvalue weighted by Crippen LogP contribution is 2.52. The molecular formula is C26H32NO5P. The molecule has 0 radical (unpaired) electrons. The minimum absolute atomic E-state index is 0.0805. The monoisotopic (exact) mass is 469 g/mol. The van der Waals surface area contributed by atoms with Crippen LogP contribution in [0.15, 0.2) is 54.6 Å². The van der Waals surface area contributed by atoms with Crippen molar-refractivity contribution in [2.75, 3.05) is 18.1 Å². The van der Waals surface area contributed by atoms with Crippen LogP contribution in [0.5, 0.6) is 0 Å². The first-order chi connectivity index (χ1) is 16.0. The molecule has 1 fully saturated rings. The summed E-state index contributed by atoms with van der Waals surface area (Å²) in [7, 11) is -3.90. The second kappa shape index (κ2) is 12.2. The highest BCUT2D eigenvalue weighted by atomic mass is 31.2. The quantitative estimate of drug-likeness (QED) is 0.300. The van der Waals surface area contributed by atoms with E-state index in [4.69, 9.17) is 20.0 Å². The molecule has 0 bridgehead atoms. The van der Waals surface area contributed by atoms with Crippen molar-refractivity contribution in [3.8, 4) is 12.3 Å². The zero-order valence-corrected chi connectivity index (χ0v) is 20.2. The van der Waals surface area contributed by atoms with E-state index in [0.29, 0.717) is 17.8 Å². The smallest absolute Gasteiger partial charge is 0.304 e. The molecular weight excluding hydrogens is 437 g/mol. The van der Waals surface area contributed by atoms with Crippen molar-refractivity contribution in [2.45, 2.75) is 52.2 Å². The molecule has 0 spiro atoms. The maximum atomic E-state index is 14.1. The van der Waals surface area contributed by atoms with Gasteiger partial charge in [-0.05, 0) is 50.3 Å². The number of benzene rings is 2. The third-order valence-corrected chi connectivity index (χ3v) is 7.32. The summed E-state index contributed by atoms with van der Waals surface area (Å²) < 4.78 is 29.9. The lowest BCUT2D eigenvalue weighted by Gasteiger charge is -2.32. The number of carbonyl (C=O) groups excluding carboxylic acids is 1. The van der Waals surface area contributed by atoms with Crippen LogP contribution in [0.3, 0.4) is 0 Å². The van der Waals surface area contributed by atoms with Gasteiger partial charge in [-0.3, -0.25) is 18.4 Å². The van der Waals surface area contributed by atoms with Crippen molar-refractivity contribution < 1.29 is 22.9 Å². The van der Waals surface area contributed by atoms with Gasteiger partial charge in [-0.2, -0.15) is 0 Å². The Balaban J connectivity index is 2.02. The number of nitrogens with zero attached hydrogens (tertiary/aromatic N) is 1. The molecule has 1 aliphatic carbocycles. The molecule has 1 atom stereocenters. The third kappa shape index (κ3) is 6.56. The average molecular weight is 470 g/mol. The fourth-order valence-corrected chi connectivity index (χ4v) is 5.55. The Morgan fingerprint density at radius 2 is 1.67 bits per heavy atom. The van der Waals surface area contributed by atoms with Gasteiger partial charge in [0, 0.05) is 5.56 Å². The third-order valence-electron chi connectivity index (χ3n) is 5.69. The minimum Gasteiger partial charge on any atom is -0.304 e. The number of para-hydroxylation sites is 1. The molecule has 1 aliphatic rings. The molecule has 1 saturated carbocycles. The molecule has 2 aromatic carbocycles. The van der Waals surface area contributed by atoms with Crippen LogP contribution in [-0.4, -0.2) is 25.2 Å². The molecule has 0 N–H and O–H groups in total. The first-order valence-electron chi connectivity index (χ1n) is 11.5. The summed E-state index contributed by atoms with van der Waals surface area (Å²) >= 11 is 0. The van der Waals surface area contributed by atoms with Gasteiger partial charge in [0.15, 0.2) is 6.10 Å². The number of hydrogen-bond acceptors (Lipinski definition) is 5. The van der Waals surface area contributed by atoms with Crippen molar-refractivity contribution in [3.05, 3.63) is 65.7 Å². The first kappa shape index (κ1) is 25.2. The van der Waals surface area contributed by atoms with Crippen molar-refractivity contribution in [2.24, 2.45) is 5.92 Å². The normalized spacial score (nSPS) is 15.2. The molecule has 176 valence electrons. The molecule has 0 aromatic heterocycles. The predicted molar refractivity (Wildman–Crippen MR) is 130 cm³/mol. The summed E-state index contributed by atoms with van der Waals surface area (Å²) in [6, 6.07) is 17.0. The van der Waals surface area contributed by atoms with Crippen LogP contribution in [0.25, 0.3) is 0 Å². The number of carbonyl (C=O) groups is 1. The summed E-state index contributed by atoms with van der Waals surface area (Å²) in [5.74, 6) is 2.30. The van der Waals surface area contributed by atoms with Crippen LogP contribution in [-0.2, 0) is 29.5 Å². The summed E-state index contributed by atoms with van der Waals surface area (Å²) in [6.07, 6.45) is 8.39. The number of hydrogen-bond donors (Lipinski definition) is 0. The summed E-state index contributed by atoms with van der Waals surface area (Å²) in [5, 5.41) is 0. The van der Waals surface area contributed by atoms with Gasteiger partial charge >= 0.3 is 7.82 Å². The largest absolute Gasteiger partial charge is 0.475 e. The lowest BCUT2D eigenvalue weighted by atomic mass is 9.98. The number of anilines is 1. The molecule has 0 heterocycles. The van der Waals surface area contributed by atoms with Gasteiger partial charge < -0.3 is 4.90 Å². The highest BCUT2D eigenvalue weighted by Gasteiger charge is 2.42. The van der Waals surface area contributed by atoms with Crippen LogP contribution in [0.1, 0.15) is 50.7 Å². The first-order valence-corrected chi connectivity index (χ1v) is 13.0. The zero-order valence-electron chi connectivity index (χ0n) is 19.3. The molecule has 33 heavy (non-hydrogen) atoms. The topological polar surface area (TPSA) is 65.1 Å². The van der Waals surface area contributed by atoms with E-state index in [0.717, 1.165) is 31.2 Å². The molecule has 6 nitrogen and oxygen atoms in total. The van der Waals surface area contributed by atoms with Crippen molar-refractivity contribution >= 4 is 19.4 Å². The fourth-order valence-electron chi connectivity index (χ4n) is 4.18. The second-order valence-corrected chi connectivity index (χ2v) is 9.55. The number of terminal acetylenes is 1. The van der Waals surface area contributed by atoms with Crippen LogP contribution in [0.4, 0.5) is 5.69 Å². The number of phosphoric acid groups is 1. The van der Waals surface area contributed by atoms with Crippen molar-refractivity contribution in [1.82, 2.24) is 0 Å². The van der Waals surface area contributed by atoms with Crippen LogP contribution >= 0.6 is 7.82 Å². The lowest BCUT2D eigenvalue weighted by molar-refractivity contribution is -0.129. The number of amides is 1.